The predicted octanol–water partition coefficient (Wildman–Crippen LogP) is 1.16. The molecule has 0 saturated carbocycles. The van der Waals surface area contributed by atoms with Crippen molar-refractivity contribution in [3.8, 4) is 0 Å². The highest BCUT2D eigenvalue weighted by molar-refractivity contribution is 7.91. The second kappa shape index (κ2) is 5.51. The lowest BCUT2D eigenvalue weighted by Crippen LogP contribution is -2.25. The average Bonchev–Trinajstić information content (AvgIpc) is 2.85. The first-order valence-corrected chi connectivity index (χ1v) is 10.2. The average molecular weight is 323 g/mol. The standard InChI is InChI=1S/C11H17NO4S3/c1-9-2-3-11(17-9)19(15,16)12-6-4-10-5-7-18(13,14)8-10/h2-3,10,12H,4-8H2,1H3. The van der Waals surface area contributed by atoms with Gasteiger partial charge in [0.05, 0.1) is 11.5 Å². The molecule has 0 spiro atoms. The second-order valence-corrected chi connectivity index (χ2v) is 10.3. The first-order chi connectivity index (χ1) is 8.78. The minimum atomic E-state index is -3.44. The minimum absolute atomic E-state index is 0.0813. The van der Waals surface area contributed by atoms with Crippen molar-refractivity contribution in [2.45, 2.75) is 24.0 Å². The Morgan fingerprint density at radius 2 is 2.16 bits per heavy atom. The van der Waals surface area contributed by atoms with Gasteiger partial charge in [0, 0.05) is 11.4 Å². The third kappa shape index (κ3) is 4.01. The summed E-state index contributed by atoms with van der Waals surface area (Å²) in [6.45, 7) is 2.15. The van der Waals surface area contributed by atoms with Crippen molar-refractivity contribution in [1.29, 1.82) is 0 Å². The monoisotopic (exact) mass is 323 g/mol. The quantitative estimate of drug-likeness (QED) is 0.882. The maximum atomic E-state index is 11.9. The topological polar surface area (TPSA) is 80.3 Å². The summed E-state index contributed by atoms with van der Waals surface area (Å²) >= 11 is 1.23. The Labute approximate surface area is 118 Å². The van der Waals surface area contributed by atoms with Crippen LogP contribution in [-0.4, -0.2) is 34.9 Å². The van der Waals surface area contributed by atoms with Crippen LogP contribution >= 0.6 is 11.3 Å². The molecule has 1 N–H and O–H groups in total. The van der Waals surface area contributed by atoms with Gasteiger partial charge in [0.15, 0.2) is 9.84 Å². The molecule has 0 amide bonds. The maximum Gasteiger partial charge on any atom is 0.250 e. The van der Waals surface area contributed by atoms with Gasteiger partial charge < -0.3 is 0 Å². The fourth-order valence-corrected chi connectivity index (χ4v) is 6.41. The molecule has 8 heteroatoms. The van der Waals surface area contributed by atoms with Crippen LogP contribution in [0.3, 0.4) is 0 Å². The van der Waals surface area contributed by atoms with Gasteiger partial charge in [0.1, 0.15) is 4.21 Å². The molecule has 1 aromatic rings. The van der Waals surface area contributed by atoms with Crippen molar-refractivity contribution < 1.29 is 16.8 Å². The summed E-state index contributed by atoms with van der Waals surface area (Å²) in [5.74, 6) is 0.499. The van der Waals surface area contributed by atoms with Crippen molar-refractivity contribution in [2.24, 2.45) is 5.92 Å². The van der Waals surface area contributed by atoms with Crippen LogP contribution in [0, 0.1) is 12.8 Å². The second-order valence-electron chi connectivity index (χ2n) is 4.82. The van der Waals surface area contributed by atoms with E-state index in [0.717, 1.165) is 4.88 Å². The molecular weight excluding hydrogens is 306 g/mol. The number of aryl methyl sites for hydroxylation is 1. The maximum absolute atomic E-state index is 11.9. The first-order valence-electron chi connectivity index (χ1n) is 6.05. The van der Waals surface area contributed by atoms with Crippen LogP contribution in [0.2, 0.25) is 0 Å². The Hall–Kier alpha value is -0.440. The van der Waals surface area contributed by atoms with E-state index in [2.05, 4.69) is 4.72 Å². The van der Waals surface area contributed by atoms with E-state index in [1.54, 1.807) is 12.1 Å². The number of sulfonamides is 1. The van der Waals surface area contributed by atoms with Crippen molar-refractivity contribution >= 4 is 31.2 Å². The first kappa shape index (κ1) is 15.0. The molecule has 0 radical (unpaired) electrons. The predicted molar refractivity (Wildman–Crippen MR) is 75.6 cm³/mol. The Morgan fingerprint density at radius 3 is 2.68 bits per heavy atom. The van der Waals surface area contributed by atoms with E-state index in [1.807, 2.05) is 6.92 Å². The van der Waals surface area contributed by atoms with Gasteiger partial charge in [-0.1, -0.05) is 0 Å². The molecule has 2 heterocycles. The number of hydrogen-bond donors (Lipinski definition) is 1. The van der Waals surface area contributed by atoms with E-state index in [9.17, 15) is 16.8 Å². The molecule has 19 heavy (non-hydrogen) atoms. The SMILES string of the molecule is Cc1ccc(S(=O)(=O)NCCC2CCS(=O)(=O)C2)s1. The molecule has 0 bridgehead atoms. The van der Waals surface area contributed by atoms with Crippen LogP contribution in [0.25, 0.3) is 0 Å². The third-order valence-electron chi connectivity index (χ3n) is 3.15. The smallest absolute Gasteiger partial charge is 0.229 e. The van der Waals surface area contributed by atoms with Gasteiger partial charge in [-0.25, -0.2) is 21.6 Å². The van der Waals surface area contributed by atoms with Gasteiger partial charge in [-0.3, -0.25) is 0 Å². The lowest BCUT2D eigenvalue weighted by atomic mass is 10.1. The van der Waals surface area contributed by atoms with Crippen molar-refractivity contribution in [2.75, 3.05) is 18.1 Å². The molecule has 1 atom stereocenters. The van der Waals surface area contributed by atoms with Crippen LogP contribution in [0.5, 0.6) is 0 Å². The van der Waals surface area contributed by atoms with E-state index in [0.29, 0.717) is 23.6 Å². The number of thiophene rings is 1. The highest BCUT2D eigenvalue weighted by atomic mass is 32.2. The Balaban J connectivity index is 1.86. The number of nitrogens with one attached hydrogen (secondary N) is 1. The molecule has 1 aliphatic heterocycles. The highest BCUT2D eigenvalue weighted by Gasteiger charge is 2.27. The molecule has 1 aliphatic rings. The summed E-state index contributed by atoms with van der Waals surface area (Å²) < 4.78 is 49.3. The zero-order valence-corrected chi connectivity index (χ0v) is 13.1. The van der Waals surface area contributed by atoms with E-state index < -0.39 is 19.9 Å². The van der Waals surface area contributed by atoms with Crippen molar-refractivity contribution in [3.63, 3.8) is 0 Å². The molecule has 1 saturated heterocycles. The Kier molecular flexibility index (Phi) is 4.34. The lowest BCUT2D eigenvalue weighted by molar-refractivity contribution is 0.528. The van der Waals surface area contributed by atoms with Crippen molar-refractivity contribution in [1.82, 2.24) is 4.72 Å². The lowest BCUT2D eigenvalue weighted by Gasteiger charge is -2.08. The number of sulfone groups is 1. The number of hydrogen-bond acceptors (Lipinski definition) is 5. The molecule has 1 fully saturated rings. The van der Waals surface area contributed by atoms with Gasteiger partial charge >= 0.3 is 0 Å². The minimum Gasteiger partial charge on any atom is -0.229 e. The normalized spacial score (nSPS) is 22.7. The third-order valence-corrected chi connectivity index (χ3v) is 7.94. The number of rotatable bonds is 5. The molecule has 0 aromatic carbocycles. The van der Waals surface area contributed by atoms with E-state index in [-0.39, 0.29) is 17.4 Å². The fraction of sp³-hybridized carbons (Fsp3) is 0.636. The Bertz CT molecular complexity index is 645. The largest absolute Gasteiger partial charge is 0.250 e. The Morgan fingerprint density at radius 1 is 1.42 bits per heavy atom. The van der Waals surface area contributed by atoms with E-state index >= 15 is 0 Å². The summed E-state index contributed by atoms with van der Waals surface area (Å²) in [6.07, 6.45) is 1.21. The van der Waals surface area contributed by atoms with Crippen molar-refractivity contribution in [3.05, 3.63) is 17.0 Å². The van der Waals surface area contributed by atoms with Crippen LogP contribution < -0.4 is 4.72 Å². The molecule has 5 nitrogen and oxygen atoms in total. The zero-order valence-electron chi connectivity index (χ0n) is 10.6. The summed E-state index contributed by atoms with van der Waals surface area (Å²) in [6, 6.07) is 3.35. The summed E-state index contributed by atoms with van der Waals surface area (Å²) in [4.78, 5) is 0.947. The summed E-state index contributed by atoms with van der Waals surface area (Å²) in [5, 5.41) is 0. The van der Waals surface area contributed by atoms with Crippen LogP contribution in [0.15, 0.2) is 16.3 Å². The van der Waals surface area contributed by atoms with Gasteiger partial charge in [-0.2, -0.15) is 0 Å². The van der Waals surface area contributed by atoms with Crippen LogP contribution in [0.1, 0.15) is 17.7 Å². The molecule has 2 rings (SSSR count). The van der Waals surface area contributed by atoms with Crippen LogP contribution in [-0.2, 0) is 19.9 Å². The molecule has 0 aliphatic carbocycles. The molecular formula is C11H17NO4S3. The highest BCUT2D eigenvalue weighted by Crippen LogP contribution is 2.22. The van der Waals surface area contributed by atoms with Gasteiger partial charge in [0.2, 0.25) is 10.0 Å². The van der Waals surface area contributed by atoms with E-state index in [1.165, 1.54) is 11.3 Å². The summed E-state index contributed by atoms with van der Waals surface area (Å²) in [7, 11) is -6.33. The van der Waals surface area contributed by atoms with Gasteiger partial charge in [-0.05, 0) is 37.8 Å². The fourth-order valence-electron chi connectivity index (χ4n) is 2.12. The molecule has 1 unspecified atom stereocenters. The zero-order chi connectivity index (χ0) is 14.1. The van der Waals surface area contributed by atoms with Gasteiger partial charge in [-0.15, -0.1) is 11.3 Å². The molecule has 108 valence electrons. The molecule has 1 aromatic heterocycles. The summed E-state index contributed by atoms with van der Waals surface area (Å²) in [5.41, 5.74) is 0. The van der Waals surface area contributed by atoms with E-state index in [4.69, 9.17) is 0 Å². The van der Waals surface area contributed by atoms with Crippen LogP contribution in [0.4, 0.5) is 0 Å². The van der Waals surface area contributed by atoms with Gasteiger partial charge in [0.25, 0.3) is 0 Å².